The van der Waals surface area contributed by atoms with E-state index in [0.29, 0.717) is 5.41 Å². The zero-order chi connectivity index (χ0) is 72.4. The second kappa shape index (κ2) is 110. The van der Waals surface area contributed by atoms with Crippen molar-refractivity contribution in [3.8, 4) is 0 Å². The van der Waals surface area contributed by atoms with Crippen LogP contribution in [0.5, 0.6) is 0 Å². The van der Waals surface area contributed by atoms with Crippen LogP contribution >= 0.6 is 0 Å². The van der Waals surface area contributed by atoms with Gasteiger partial charge in [-0.15, -0.1) is 0 Å². The Morgan fingerprint density at radius 1 is 0.228 bits per heavy atom. The van der Waals surface area contributed by atoms with Gasteiger partial charge in [0, 0.05) is 0 Å². The van der Waals surface area contributed by atoms with Crippen molar-refractivity contribution in [2.24, 2.45) is 46.8 Å². The molecule has 0 amide bonds. The minimum Gasteiger partial charge on any atom is -0.0654 e. The Morgan fingerprint density at radius 3 is 0.663 bits per heavy atom. The van der Waals surface area contributed by atoms with Crippen LogP contribution in [0.2, 0.25) is 0 Å². The summed E-state index contributed by atoms with van der Waals surface area (Å²) in [6.07, 6.45) is 77.4. The van der Waals surface area contributed by atoms with Crippen LogP contribution in [0.1, 0.15) is 554 Å². The van der Waals surface area contributed by atoms with Crippen molar-refractivity contribution in [2.75, 3.05) is 0 Å². The molecular formula is C92H204. The predicted molar refractivity (Wildman–Crippen MR) is 445 cm³/mol. The van der Waals surface area contributed by atoms with Gasteiger partial charge in [-0.25, -0.2) is 0 Å². The van der Waals surface area contributed by atoms with Crippen molar-refractivity contribution in [3.05, 3.63) is 0 Å². The van der Waals surface area contributed by atoms with Crippen LogP contribution in [0.4, 0.5) is 0 Å². The summed E-state index contributed by atoms with van der Waals surface area (Å²) in [5.74, 6) is 6.91. The standard InChI is InChI=1S/2C11H24.C10H20.2C10H22.2C8H18.C7H16.2C6H14.C5H12/c1-4-6-7-8-9-10-11(3)5-2;1-3-5-7-9-11-10-8-6-4-2;1-3-9-5-7-10(4-2)8-6-9;1-5-9(4)8-10(6-2)7-3;1-5-9-10(6-2,7-3)8-4;1-4-6-8(3)7-5-2;1-3-5-7-8-6-4-2;1-3-5-7-6-4-2;1-4-6(3)5-2;1-3-5-6-4-2;1-3-5-4-2/h11H,4-10H2,1-3H3;3-11H2,1-2H3;9-10H,3-8H2,1-2H3;9-10H,5-8H2,1-4H3;5-9H2,1-4H3;8H,4-7H2,1-3H3;3-8H2,1-2H3;3-7H2,1-2H3;6H,4-5H2,1-3H3;3-6H2,1-2H3;3-5H2,1-2H3. The summed E-state index contributed by atoms with van der Waals surface area (Å²) >= 11 is 0. The predicted octanol–water partition coefficient (Wildman–Crippen LogP) is 37.2. The van der Waals surface area contributed by atoms with Gasteiger partial charge in [-0.05, 0) is 59.7 Å². The van der Waals surface area contributed by atoms with Crippen molar-refractivity contribution in [2.45, 2.75) is 554 Å². The third-order valence-corrected chi connectivity index (χ3v) is 20.7. The molecule has 0 aliphatic heterocycles. The van der Waals surface area contributed by atoms with Crippen molar-refractivity contribution in [1.29, 1.82) is 0 Å². The lowest BCUT2D eigenvalue weighted by Gasteiger charge is -2.29. The third-order valence-electron chi connectivity index (χ3n) is 20.7. The highest BCUT2D eigenvalue weighted by Gasteiger charge is 2.22. The maximum atomic E-state index is 2.36. The molecule has 0 radical (unpaired) electrons. The first-order valence-corrected chi connectivity index (χ1v) is 44.3. The van der Waals surface area contributed by atoms with Crippen molar-refractivity contribution in [1.82, 2.24) is 0 Å². The Bertz CT molecular complexity index is 970. The Kier molecular flexibility index (Phi) is 135. The molecule has 0 saturated heterocycles. The number of unbranched alkanes of at least 4 members (excludes halogenated alkanes) is 26. The maximum Gasteiger partial charge on any atom is -0.0305 e. The van der Waals surface area contributed by atoms with E-state index in [2.05, 4.69) is 201 Å². The molecule has 1 fully saturated rings. The molecule has 1 aliphatic carbocycles. The summed E-state index contributed by atoms with van der Waals surface area (Å²) in [6.45, 7) is 66.1. The van der Waals surface area contributed by atoms with E-state index in [1.165, 1.54) is 353 Å². The molecule has 92 heavy (non-hydrogen) atoms. The molecule has 0 nitrogen and oxygen atoms in total. The summed E-state index contributed by atoms with van der Waals surface area (Å²) < 4.78 is 0. The molecule has 0 N–H and O–H groups in total. The van der Waals surface area contributed by atoms with Gasteiger partial charge in [-0.1, -0.05) is 541 Å². The van der Waals surface area contributed by atoms with E-state index in [1.54, 1.807) is 0 Å². The average Bonchev–Trinajstić information content (AvgIpc) is 3.40. The van der Waals surface area contributed by atoms with E-state index < -0.39 is 0 Å². The van der Waals surface area contributed by atoms with Crippen LogP contribution in [0.3, 0.4) is 0 Å². The highest BCUT2D eigenvalue weighted by Crippen LogP contribution is 2.35. The van der Waals surface area contributed by atoms with Gasteiger partial charge >= 0.3 is 0 Å². The van der Waals surface area contributed by atoms with Gasteiger partial charge < -0.3 is 0 Å². The lowest BCUT2D eigenvalue weighted by atomic mass is 9.76. The van der Waals surface area contributed by atoms with Crippen LogP contribution in [0.25, 0.3) is 0 Å². The number of hydrogen-bond donors (Lipinski definition) is 0. The fourth-order valence-corrected chi connectivity index (χ4v) is 11.7. The molecule has 0 aromatic carbocycles. The largest absolute Gasteiger partial charge is 0.0654 e. The topological polar surface area (TPSA) is 0 Å². The molecule has 0 aromatic heterocycles. The van der Waals surface area contributed by atoms with Crippen molar-refractivity contribution < 1.29 is 0 Å². The molecule has 1 saturated carbocycles. The lowest BCUT2D eigenvalue weighted by molar-refractivity contribution is 0.226. The summed E-state index contributed by atoms with van der Waals surface area (Å²) in [4.78, 5) is 0. The van der Waals surface area contributed by atoms with E-state index in [0.717, 1.165) is 41.4 Å². The molecule has 0 spiro atoms. The molecule has 1 rings (SSSR count). The molecule has 1 aliphatic rings. The lowest BCUT2D eigenvalue weighted by Crippen LogP contribution is -2.16. The van der Waals surface area contributed by atoms with E-state index in [1.807, 2.05) is 0 Å². The van der Waals surface area contributed by atoms with Gasteiger partial charge in [-0.3, -0.25) is 0 Å². The summed E-state index contributed by atoms with van der Waals surface area (Å²) in [5, 5.41) is 0. The number of hydrogen-bond acceptors (Lipinski definition) is 0. The normalized spacial score (nSPS) is 13.6. The monoisotopic (exact) mass is 1310 g/mol. The summed E-state index contributed by atoms with van der Waals surface area (Å²) in [7, 11) is 0. The first kappa shape index (κ1) is 113. The first-order valence-electron chi connectivity index (χ1n) is 44.3. The second-order valence-corrected chi connectivity index (χ2v) is 29.8. The van der Waals surface area contributed by atoms with Crippen molar-refractivity contribution >= 4 is 0 Å². The fraction of sp³-hybridized carbons (Fsp3) is 1.00. The van der Waals surface area contributed by atoms with Gasteiger partial charge in [0.15, 0.2) is 0 Å². The Labute approximate surface area is 597 Å². The highest BCUT2D eigenvalue weighted by atomic mass is 14.3. The number of rotatable bonds is 47. The highest BCUT2D eigenvalue weighted by molar-refractivity contribution is 4.74. The molecule has 572 valence electrons. The molecule has 0 bridgehead atoms. The average molecular weight is 1310 g/mol. The smallest absolute Gasteiger partial charge is 0.0305 e. The van der Waals surface area contributed by atoms with E-state index >= 15 is 0 Å². The molecule has 0 heterocycles. The van der Waals surface area contributed by atoms with Gasteiger partial charge in [0.25, 0.3) is 0 Å². The SMILES string of the molecule is CCC(C)CC.CCC(C)CC(CC)CC.CCC1CCC(CC)CC1.CCCC(C)CCC.CCCC(CC)(CC)CC.CCCCC.CCCCCC.CCCCCCC.CCCCCCCC.CCCCCCCC(C)CC.CCCCCCCCCCC. The quantitative estimate of drug-likeness (QED) is 0.0533. The van der Waals surface area contributed by atoms with E-state index in [4.69, 9.17) is 0 Å². The summed E-state index contributed by atoms with van der Waals surface area (Å²) in [5.41, 5.74) is 0.675. The molecule has 0 aromatic rings. The van der Waals surface area contributed by atoms with Gasteiger partial charge in [0.05, 0.1) is 0 Å². The zero-order valence-corrected chi connectivity index (χ0v) is 72.4. The van der Waals surface area contributed by atoms with E-state index in [-0.39, 0.29) is 0 Å². The first-order chi connectivity index (χ1) is 44.3. The van der Waals surface area contributed by atoms with Crippen LogP contribution in [-0.4, -0.2) is 0 Å². The van der Waals surface area contributed by atoms with Crippen LogP contribution in [-0.2, 0) is 0 Å². The van der Waals surface area contributed by atoms with Crippen LogP contribution in [0, 0.1) is 46.8 Å². The third kappa shape index (κ3) is 117. The van der Waals surface area contributed by atoms with E-state index in [9.17, 15) is 0 Å². The minimum absolute atomic E-state index is 0.675. The van der Waals surface area contributed by atoms with Gasteiger partial charge in [0.1, 0.15) is 0 Å². The maximum absolute atomic E-state index is 2.36. The second-order valence-electron chi connectivity index (χ2n) is 29.8. The Balaban J connectivity index is -0.000000101. The minimum atomic E-state index is 0.675. The molecule has 2 atom stereocenters. The Hall–Kier alpha value is 0. The molecular weight excluding hydrogens is 1110 g/mol. The zero-order valence-electron chi connectivity index (χ0n) is 72.4. The Morgan fingerprint density at radius 2 is 0.478 bits per heavy atom. The summed E-state index contributed by atoms with van der Waals surface area (Å²) in [6, 6.07) is 0. The van der Waals surface area contributed by atoms with Gasteiger partial charge in [0.2, 0.25) is 0 Å². The fourth-order valence-electron chi connectivity index (χ4n) is 11.7. The van der Waals surface area contributed by atoms with Crippen LogP contribution in [0.15, 0.2) is 0 Å². The molecule has 2 unspecified atom stereocenters. The van der Waals surface area contributed by atoms with Crippen LogP contribution < -0.4 is 0 Å². The van der Waals surface area contributed by atoms with Gasteiger partial charge in [-0.2, -0.15) is 0 Å². The van der Waals surface area contributed by atoms with Crippen molar-refractivity contribution in [3.63, 3.8) is 0 Å². The molecule has 0 heteroatoms.